The Morgan fingerprint density at radius 1 is 1.00 bits per heavy atom. The lowest BCUT2D eigenvalue weighted by molar-refractivity contribution is 0.154. The van der Waals surface area contributed by atoms with Gasteiger partial charge in [-0.15, -0.1) is 12.4 Å². The van der Waals surface area contributed by atoms with Gasteiger partial charge in [-0.05, 0) is 74.7 Å². The third kappa shape index (κ3) is 5.58. The summed E-state index contributed by atoms with van der Waals surface area (Å²) < 4.78 is 33.2. The lowest BCUT2D eigenvalue weighted by Crippen LogP contribution is -2.37. The van der Waals surface area contributed by atoms with Gasteiger partial charge >= 0.3 is 0 Å². The Morgan fingerprint density at radius 2 is 1.62 bits per heavy atom. The number of phenols is 1. The molecule has 1 heterocycles. The summed E-state index contributed by atoms with van der Waals surface area (Å²) in [6.45, 7) is 3.23. The van der Waals surface area contributed by atoms with Gasteiger partial charge < -0.3 is 9.84 Å². The predicted molar refractivity (Wildman–Crippen MR) is 100 cm³/mol. The average molecular weight is 384 g/mol. The molecular formula is C20H24ClF2NO2. The zero-order valence-electron chi connectivity index (χ0n) is 14.5. The predicted octanol–water partition coefficient (Wildman–Crippen LogP) is 4.43. The lowest BCUT2D eigenvalue weighted by atomic mass is 9.90. The number of aromatic hydroxyl groups is 1. The molecule has 26 heavy (non-hydrogen) atoms. The van der Waals surface area contributed by atoms with Gasteiger partial charge in [-0.1, -0.05) is 6.07 Å². The smallest absolute Gasteiger partial charge is 0.129 e. The zero-order valence-corrected chi connectivity index (χ0v) is 15.4. The van der Waals surface area contributed by atoms with Crippen LogP contribution in [0.3, 0.4) is 0 Å². The molecule has 1 aliphatic rings. The van der Waals surface area contributed by atoms with Crippen molar-refractivity contribution >= 4 is 12.4 Å². The lowest BCUT2D eigenvalue weighted by Gasteiger charge is -2.32. The van der Waals surface area contributed by atoms with Crippen LogP contribution in [0.4, 0.5) is 8.78 Å². The van der Waals surface area contributed by atoms with Gasteiger partial charge in [0.05, 0.1) is 0 Å². The molecule has 0 spiro atoms. The van der Waals surface area contributed by atoms with Crippen molar-refractivity contribution in [3.05, 3.63) is 59.7 Å². The van der Waals surface area contributed by atoms with Crippen LogP contribution in [0.2, 0.25) is 0 Å². The molecule has 0 aromatic heterocycles. The maximum atomic E-state index is 13.8. The second kappa shape index (κ2) is 9.74. The molecule has 1 aliphatic heterocycles. The maximum absolute atomic E-state index is 13.8. The highest BCUT2D eigenvalue weighted by Gasteiger charge is 2.21. The van der Waals surface area contributed by atoms with Gasteiger partial charge in [0.1, 0.15) is 29.7 Å². The standard InChI is InChI=1S/C20H23F2NO2.ClH/c21-19-2-1-3-20(22)18(19)14-15-8-10-23(11-9-15)12-13-25-17-6-4-16(24)5-7-17;/h1-7,15,24H,8-14H2;1H. The Labute approximate surface area is 159 Å². The molecule has 0 amide bonds. The molecule has 0 atom stereocenters. The number of phenolic OH excluding ortho intramolecular Hbond substituents is 1. The third-order valence-corrected chi connectivity index (χ3v) is 4.77. The molecule has 0 radical (unpaired) electrons. The van der Waals surface area contributed by atoms with Gasteiger partial charge in [0.15, 0.2) is 0 Å². The van der Waals surface area contributed by atoms with Crippen molar-refractivity contribution in [2.24, 2.45) is 5.92 Å². The number of hydrogen-bond acceptors (Lipinski definition) is 3. The van der Waals surface area contributed by atoms with Crippen LogP contribution >= 0.6 is 12.4 Å². The van der Waals surface area contributed by atoms with E-state index >= 15 is 0 Å². The van der Waals surface area contributed by atoms with Gasteiger partial charge in [0, 0.05) is 12.1 Å². The average Bonchev–Trinajstić information content (AvgIpc) is 2.61. The van der Waals surface area contributed by atoms with Gasteiger partial charge in [-0.2, -0.15) is 0 Å². The van der Waals surface area contributed by atoms with E-state index in [1.807, 2.05) is 0 Å². The van der Waals surface area contributed by atoms with Gasteiger partial charge in [-0.3, -0.25) is 4.90 Å². The first-order chi connectivity index (χ1) is 12.1. The number of benzene rings is 2. The Bertz CT molecular complexity index is 668. The number of rotatable bonds is 6. The molecule has 2 aromatic carbocycles. The fourth-order valence-electron chi connectivity index (χ4n) is 3.27. The van der Waals surface area contributed by atoms with Crippen LogP contribution in [0.1, 0.15) is 18.4 Å². The van der Waals surface area contributed by atoms with E-state index in [1.165, 1.54) is 18.2 Å². The number of ether oxygens (including phenoxy) is 1. The van der Waals surface area contributed by atoms with E-state index in [4.69, 9.17) is 4.74 Å². The van der Waals surface area contributed by atoms with Crippen LogP contribution in [0, 0.1) is 17.6 Å². The molecule has 6 heteroatoms. The quantitative estimate of drug-likeness (QED) is 0.801. The molecule has 142 valence electrons. The number of nitrogens with zero attached hydrogens (tertiary/aromatic N) is 1. The minimum atomic E-state index is -0.440. The van der Waals surface area contributed by atoms with Gasteiger partial charge in [-0.25, -0.2) is 8.78 Å². The van der Waals surface area contributed by atoms with Crippen molar-refractivity contribution in [1.29, 1.82) is 0 Å². The summed E-state index contributed by atoms with van der Waals surface area (Å²) in [5.41, 5.74) is 0.219. The van der Waals surface area contributed by atoms with Crippen molar-refractivity contribution in [3.8, 4) is 11.5 Å². The van der Waals surface area contributed by atoms with Crippen molar-refractivity contribution in [2.45, 2.75) is 19.3 Å². The minimum absolute atomic E-state index is 0. The number of halogens is 3. The number of piperidine rings is 1. The molecule has 1 saturated heterocycles. The van der Waals surface area contributed by atoms with Crippen LogP contribution in [0.5, 0.6) is 11.5 Å². The first kappa shape index (κ1) is 20.5. The van der Waals surface area contributed by atoms with Crippen molar-refractivity contribution in [3.63, 3.8) is 0 Å². The molecule has 0 aliphatic carbocycles. The summed E-state index contributed by atoms with van der Waals surface area (Å²) in [4.78, 5) is 2.31. The molecule has 3 nitrogen and oxygen atoms in total. The largest absolute Gasteiger partial charge is 0.508 e. The van der Waals surface area contributed by atoms with E-state index in [1.54, 1.807) is 24.3 Å². The van der Waals surface area contributed by atoms with Crippen molar-refractivity contribution < 1.29 is 18.6 Å². The van der Waals surface area contributed by atoms with Gasteiger partial charge in [0.2, 0.25) is 0 Å². The van der Waals surface area contributed by atoms with Crippen molar-refractivity contribution in [2.75, 3.05) is 26.2 Å². The van der Waals surface area contributed by atoms with E-state index < -0.39 is 11.6 Å². The summed E-state index contributed by atoms with van der Waals surface area (Å²) in [7, 11) is 0. The normalized spacial score (nSPS) is 15.5. The second-order valence-electron chi connectivity index (χ2n) is 6.53. The second-order valence-corrected chi connectivity index (χ2v) is 6.53. The Kier molecular flexibility index (Phi) is 7.66. The molecule has 1 N–H and O–H groups in total. The molecule has 3 rings (SSSR count). The summed E-state index contributed by atoms with van der Waals surface area (Å²) in [6, 6.07) is 10.7. The summed E-state index contributed by atoms with van der Waals surface area (Å²) in [5, 5.41) is 9.24. The molecule has 0 bridgehead atoms. The summed E-state index contributed by atoms with van der Waals surface area (Å²) in [6.07, 6.45) is 2.34. The Hall–Kier alpha value is -1.85. The topological polar surface area (TPSA) is 32.7 Å². The molecule has 1 fully saturated rings. The van der Waals surface area contributed by atoms with E-state index in [0.29, 0.717) is 18.9 Å². The fourth-order valence-corrected chi connectivity index (χ4v) is 3.27. The summed E-state index contributed by atoms with van der Waals surface area (Å²) >= 11 is 0. The first-order valence-electron chi connectivity index (χ1n) is 8.69. The molecule has 2 aromatic rings. The SMILES string of the molecule is Cl.Oc1ccc(OCCN2CCC(Cc3c(F)cccc3F)CC2)cc1. The van der Waals surface area contributed by atoms with Gasteiger partial charge in [0.25, 0.3) is 0 Å². The molecular weight excluding hydrogens is 360 g/mol. The van der Waals surface area contributed by atoms with Crippen molar-refractivity contribution in [1.82, 2.24) is 4.90 Å². The number of likely N-dealkylation sites (tertiary alicyclic amines) is 1. The van der Waals surface area contributed by atoms with Crippen LogP contribution in [0.25, 0.3) is 0 Å². The highest BCUT2D eigenvalue weighted by Crippen LogP contribution is 2.24. The third-order valence-electron chi connectivity index (χ3n) is 4.77. The molecule has 0 unspecified atom stereocenters. The minimum Gasteiger partial charge on any atom is -0.508 e. The molecule has 0 saturated carbocycles. The van der Waals surface area contributed by atoms with Crippen LogP contribution in [-0.2, 0) is 6.42 Å². The van der Waals surface area contributed by atoms with Crippen LogP contribution in [0.15, 0.2) is 42.5 Å². The monoisotopic (exact) mass is 383 g/mol. The van der Waals surface area contributed by atoms with E-state index in [2.05, 4.69) is 4.90 Å². The van der Waals surface area contributed by atoms with Crippen LogP contribution in [-0.4, -0.2) is 36.2 Å². The van der Waals surface area contributed by atoms with E-state index in [0.717, 1.165) is 38.2 Å². The van der Waals surface area contributed by atoms with E-state index in [9.17, 15) is 13.9 Å². The Morgan fingerprint density at radius 3 is 2.23 bits per heavy atom. The zero-order chi connectivity index (χ0) is 17.6. The Balaban J connectivity index is 0.00000243. The maximum Gasteiger partial charge on any atom is 0.129 e. The highest BCUT2D eigenvalue weighted by molar-refractivity contribution is 5.85. The summed E-state index contributed by atoms with van der Waals surface area (Å²) in [5.74, 6) is 0.401. The first-order valence-corrected chi connectivity index (χ1v) is 8.69. The number of hydrogen-bond donors (Lipinski definition) is 1. The highest BCUT2D eigenvalue weighted by atomic mass is 35.5. The van der Waals surface area contributed by atoms with Crippen LogP contribution < -0.4 is 4.74 Å². The van der Waals surface area contributed by atoms with E-state index in [-0.39, 0.29) is 23.7 Å². The fraction of sp³-hybridized carbons (Fsp3) is 0.400.